The second kappa shape index (κ2) is 4.81. The van der Waals surface area contributed by atoms with E-state index in [1.807, 2.05) is 0 Å². The van der Waals surface area contributed by atoms with Gasteiger partial charge in [0, 0.05) is 0 Å². The molecule has 0 aromatic rings. The van der Waals surface area contributed by atoms with Crippen molar-refractivity contribution < 1.29 is 38.7 Å². The van der Waals surface area contributed by atoms with Crippen LogP contribution in [-0.4, -0.2) is 47.8 Å². The second-order valence-electron chi connectivity index (χ2n) is 2.87. The van der Waals surface area contributed by atoms with Crippen molar-refractivity contribution in [2.75, 3.05) is 13.2 Å². The number of rotatable bonds is 3. The van der Waals surface area contributed by atoms with Gasteiger partial charge < -0.3 is 29.2 Å². The van der Waals surface area contributed by atoms with Gasteiger partial charge >= 0.3 is 18.1 Å². The van der Waals surface area contributed by atoms with Crippen molar-refractivity contribution in [1.29, 1.82) is 0 Å². The van der Waals surface area contributed by atoms with Crippen LogP contribution in [0, 0.1) is 0 Å². The SMILES string of the molecule is C=CC1OCC(OC(=O)O)(OC(=O)O)CO1. The zero-order valence-corrected chi connectivity index (χ0v) is 8.12. The maximum atomic E-state index is 10.4. The molecule has 8 heteroatoms. The Balaban J connectivity index is 2.69. The highest BCUT2D eigenvalue weighted by Gasteiger charge is 2.44. The Morgan fingerprint density at radius 3 is 2.00 bits per heavy atom. The lowest BCUT2D eigenvalue weighted by atomic mass is 10.3. The first kappa shape index (κ1) is 12.3. The molecule has 0 unspecified atom stereocenters. The molecule has 1 rings (SSSR count). The first-order valence-electron chi connectivity index (χ1n) is 4.17. The van der Waals surface area contributed by atoms with E-state index >= 15 is 0 Å². The van der Waals surface area contributed by atoms with Gasteiger partial charge in [-0.2, -0.15) is 0 Å². The summed E-state index contributed by atoms with van der Waals surface area (Å²) in [6.45, 7) is 2.59. The van der Waals surface area contributed by atoms with Crippen LogP contribution in [-0.2, 0) is 18.9 Å². The molecule has 8 nitrogen and oxygen atoms in total. The molecule has 1 aliphatic rings. The van der Waals surface area contributed by atoms with Crippen molar-refractivity contribution in [3.8, 4) is 0 Å². The molecule has 0 spiro atoms. The summed E-state index contributed by atoms with van der Waals surface area (Å²) in [5.41, 5.74) is 0. The Morgan fingerprint density at radius 1 is 1.25 bits per heavy atom. The van der Waals surface area contributed by atoms with Gasteiger partial charge in [0.05, 0.1) is 0 Å². The van der Waals surface area contributed by atoms with Gasteiger partial charge in [-0.05, 0) is 6.08 Å². The van der Waals surface area contributed by atoms with Crippen LogP contribution in [0.15, 0.2) is 12.7 Å². The topological polar surface area (TPSA) is 112 Å². The van der Waals surface area contributed by atoms with Crippen molar-refractivity contribution in [2.24, 2.45) is 0 Å². The highest BCUT2D eigenvalue weighted by Crippen LogP contribution is 2.22. The van der Waals surface area contributed by atoms with E-state index in [-0.39, 0.29) is 0 Å². The fraction of sp³-hybridized carbons (Fsp3) is 0.500. The molecule has 0 radical (unpaired) electrons. The Kier molecular flexibility index (Phi) is 3.69. The van der Waals surface area contributed by atoms with Crippen molar-refractivity contribution >= 4 is 12.3 Å². The zero-order valence-electron chi connectivity index (χ0n) is 8.12. The largest absolute Gasteiger partial charge is 0.509 e. The quantitative estimate of drug-likeness (QED) is 0.415. The molecule has 0 amide bonds. The lowest BCUT2D eigenvalue weighted by Gasteiger charge is -2.35. The van der Waals surface area contributed by atoms with Gasteiger partial charge in [0.2, 0.25) is 0 Å². The summed E-state index contributed by atoms with van der Waals surface area (Å²) >= 11 is 0. The van der Waals surface area contributed by atoms with Crippen LogP contribution in [0.4, 0.5) is 9.59 Å². The minimum atomic E-state index is -1.99. The fourth-order valence-corrected chi connectivity index (χ4v) is 1.10. The van der Waals surface area contributed by atoms with Crippen LogP contribution < -0.4 is 0 Å². The summed E-state index contributed by atoms with van der Waals surface area (Å²) in [6.07, 6.45) is -2.80. The van der Waals surface area contributed by atoms with E-state index in [9.17, 15) is 9.59 Å². The molecule has 16 heavy (non-hydrogen) atoms. The van der Waals surface area contributed by atoms with E-state index in [1.54, 1.807) is 0 Å². The van der Waals surface area contributed by atoms with Crippen molar-refractivity contribution in [3.05, 3.63) is 12.7 Å². The van der Waals surface area contributed by atoms with E-state index in [0.717, 1.165) is 0 Å². The van der Waals surface area contributed by atoms with Gasteiger partial charge in [0.1, 0.15) is 13.2 Å². The minimum Gasteiger partial charge on any atom is -0.450 e. The monoisotopic (exact) mass is 234 g/mol. The van der Waals surface area contributed by atoms with E-state index in [2.05, 4.69) is 16.1 Å². The van der Waals surface area contributed by atoms with E-state index in [0.29, 0.717) is 0 Å². The molecule has 0 atom stereocenters. The van der Waals surface area contributed by atoms with Crippen LogP contribution in [0.1, 0.15) is 0 Å². The van der Waals surface area contributed by atoms with Crippen molar-refractivity contribution in [2.45, 2.75) is 12.1 Å². The maximum absolute atomic E-state index is 10.4. The number of carbonyl (C=O) groups is 2. The average molecular weight is 234 g/mol. The third-order valence-electron chi connectivity index (χ3n) is 1.67. The number of ether oxygens (including phenoxy) is 4. The summed E-state index contributed by atoms with van der Waals surface area (Å²) in [5.74, 6) is -1.99. The van der Waals surface area contributed by atoms with Gasteiger partial charge in [0.25, 0.3) is 0 Å². The Morgan fingerprint density at radius 2 is 1.69 bits per heavy atom. The zero-order chi connectivity index (χ0) is 12.2. The molecule has 0 saturated carbocycles. The summed E-state index contributed by atoms with van der Waals surface area (Å²) in [7, 11) is 0. The van der Waals surface area contributed by atoms with Crippen LogP contribution in [0.25, 0.3) is 0 Å². The van der Waals surface area contributed by atoms with Gasteiger partial charge in [0.15, 0.2) is 6.29 Å². The standard InChI is InChI=1S/C8H10O8/c1-2-5-13-3-8(4-14-5,15-6(9)10)16-7(11)12/h2,5H,1,3-4H2,(H,9,10)(H,11,12). The van der Waals surface area contributed by atoms with Crippen LogP contribution in [0.5, 0.6) is 0 Å². The predicted molar refractivity (Wildman–Crippen MR) is 46.8 cm³/mol. The van der Waals surface area contributed by atoms with Crippen molar-refractivity contribution in [1.82, 2.24) is 0 Å². The second-order valence-corrected chi connectivity index (χ2v) is 2.87. The summed E-state index contributed by atoms with van der Waals surface area (Å²) in [6, 6.07) is 0. The fourth-order valence-electron chi connectivity index (χ4n) is 1.10. The molecule has 0 aliphatic carbocycles. The molecule has 0 bridgehead atoms. The van der Waals surface area contributed by atoms with Gasteiger partial charge in [-0.25, -0.2) is 9.59 Å². The number of hydrogen-bond acceptors (Lipinski definition) is 6. The van der Waals surface area contributed by atoms with E-state index < -0.39 is 37.6 Å². The molecule has 1 saturated heterocycles. The first-order valence-corrected chi connectivity index (χ1v) is 4.17. The molecule has 1 heterocycles. The van der Waals surface area contributed by atoms with Gasteiger partial charge in [-0.3, -0.25) is 0 Å². The Hall–Kier alpha value is -1.80. The summed E-state index contributed by atoms with van der Waals surface area (Å²) in [5, 5.41) is 16.9. The van der Waals surface area contributed by atoms with Crippen LogP contribution >= 0.6 is 0 Å². The summed E-state index contributed by atoms with van der Waals surface area (Å²) in [4.78, 5) is 20.8. The third-order valence-corrected chi connectivity index (χ3v) is 1.67. The average Bonchev–Trinajstić information content (AvgIpc) is 2.16. The molecular weight excluding hydrogens is 224 g/mol. The van der Waals surface area contributed by atoms with E-state index in [4.69, 9.17) is 19.7 Å². The normalized spacial score (nSPS) is 19.8. The molecule has 1 fully saturated rings. The Bertz CT molecular complexity index is 272. The molecule has 0 aromatic heterocycles. The predicted octanol–water partition coefficient (Wildman–Crippen LogP) is 0.631. The third kappa shape index (κ3) is 3.11. The lowest BCUT2D eigenvalue weighted by molar-refractivity contribution is -0.309. The van der Waals surface area contributed by atoms with Crippen LogP contribution in [0.3, 0.4) is 0 Å². The summed E-state index contributed by atoms with van der Waals surface area (Å²) < 4.78 is 18.5. The Labute approximate surface area is 90.0 Å². The van der Waals surface area contributed by atoms with E-state index in [1.165, 1.54) is 6.08 Å². The first-order chi connectivity index (χ1) is 7.47. The minimum absolute atomic E-state index is 0.401. The lowest BCUT2D eigenvalue weighted by Crippen LogP contribution is -2.52. The molecule has 90 valence electrons. The highest BCUT2D eigenvalue weighted by atomic mass is 16.8. The van der Waals surface area contributed by atoms with Gasteiger partial charge in [-0.15, -0.1) is 0 Å². The molecule has 1 aliphatic heterocycles. The highest BCUT2D eigenvalue weighted by molar-refractivity contribution is 5.60. The smallest absolute Gasteiger partial charge is 0.450 e. The van der Waals surface area contributed by atoms with Gasteiger partial charge in [-0.1, -0.05) is 6.58 Å². The maximum Gasteiger partial charge on any atom is 0.509 e. The van der Waals surface area contributed by atoms with Crippen molar-refractivity contribution in [3.63, 3.8) is 0 Å². The number of hydrogen-bond donors (Lipinski definition) is 2. The molecular formula is C8H10O8. The van der Waals surface area contributed by atoms with Crippen LogP contribution in [0.2, 0.25) is 0 Å². The molecule has 2 N–H and O–H groups in total. The number of carboxylic acid groups (broad SMARTS) is 2. The molecule has 0 aromatic carbocycles.